The van der Waals surface area contributed by atoms with E-state index in [1.54, 1.807) is 12.1 Å². The normalized spacial score (nSPS) is 10.6. The number of rotatable bonds is 0. The largest absolute Gasteiger partial charge is 0.507 e. The molecule has 0 aliphatic heterocycles. The summed E-state index contributed by atoms with van der Waals surface area (Å²) in [7, 11) is 0. The molecule has 2 aromatic carbocycles. The molecule has 0 aromatic heterocycles. The number of phenols is 1. The number of halogens is 2. The molecule has 0 atom stereocenters. The Bertz CT molecular complexity index is 468. The highest BCUT2D eigenvalue weighted by Crippen LogP contribution is 2.33. The molecule has 0 saturated heterocycles. The standard InChI is InChI=1S/C10H6BrClO/c11-10-8-3-2-7(12)5-6(8)1-4-9(10)13/h1-5,13H. The van der Waals surface area contributed by atoms with Gasteiger partial charge in [0.05, 0.1) is 4.47 Å². The smallest absolute Gasteiger partial charge is 0.130 e. The van der Waals surface area contributed by atoms with Gasteiger partial charge in [-0.05, 0) is 44.9 Å². The van der Waals surface area contributed by atoms with Gasteiger partial charge < -0.3 is 5.11 Å². The third kappa shape index (κ3) is 1.52. The lowest BCUT2D eigenvalue weighted by Crippen LogP contribution is -1.75. The first-order chi connectivity index (χ1) is 6.18. The summed E-state index contributed by atoms with van der Waals surface area (Å²) in [5.74, 6) is 0.245. The molecular weight excluding hydrogens is 251 g/mol. The van der Waals surface area contributed by atoms with Crippen molar-refractivity contribution in [3.05, 3.63) is 39.8 Å². The molecule has 0 heterocycles. The SMILES string of the molecule is Oc1ccc2cc(Cl)ccc2c1Br. The summed E-state index contributed by atoms with van der Waals surface area (Å²) in [6.45, 7) is 0. The van der Waals surface area contributed by atoms with Gasteiger partial charge in [0.15, 0.2) is 0 Å². The van der Waals surface area contributed by atoms with Crippen LogP contribution in [-0.4, -0.2) is 5.11 Å². The maximum Gasteiger partial charge on any atom is 0.130 e. The fraction of sp³-hybridized carbons (Fsp3) is 0. The minimum atomic E-state index is 0.245. The quantitative estimate of drug-likeness (QED) is 0.757. The molecular formula is C10H6BrClO. The zero-order valence-corrected chi connectivity index (χ0v) is 8.93. The lowest BCUT2D eigenvalue weighted by atomic mass is 10.1. The Morgan fingerprint density at radius 1 is 1.15 bits per heavy atom. The van der Waals surface area contributed by atoms with E-state index in [1.807, 2.05) is 18.2 Å². The second-order valence-corrected chi connectivity index (χ2v) is 3.99. The van der Waals surface area contributed by atoms with Crippen molar-refractivity contribution in [3.8, 4) is 5.75 Å². The Balaban J connectivity index is 2.87. The summed E-state index contributed by atoms with van der Waals surface area (Å²) in [5.41, 5.74) is 0. The highest BCUT2D eigenvalue weighted by atomic mass is 79.9. The van der Waals surface area contributed by atoms with Gasteiger partial charge in [0, 0.05) is 5.02 Å². The van der Waals surface area contributed by atoms with Gasteiger partial charge in [-0.1, -0.05) is 23.7 Å². The van der Waals surface area contributed by atoms with E-state index in [0.717, 1.165) is 10.8 Å². The van der Waals surface area contributed by atoms with E-state index in [2.05, 4.69) is 15.9 Å². The van der Waals surface area contributed by atoms with Crippen molar-refractivity contribution in [1.82, 2.24) is 0 Å². The van der Waals surface area contributed by atoms with Crippen LogP contribution in [0.5, 0.6) is 5.75 Å². The maximum atomic E-state index is 9.41. The van der Waals surface area contributed by atoms with Crippen molar-refractivity contribution >= 4 is 38.3 Å². The van der Waals surface area contributed by atoms with Crippen LogP contribution in [0.25, 0.3) is 10.8 Å². The zero-order chi connectivity index (χ0) is 9.42. The molecule has 0 spiro atoms. The van der Waals surface area contributed by atoms with E-state index in [1.165, 1.54) is 0 Å². The Morgan fingerprint density at radius 3 is 2.69 bits per heavy atom. The number of benzene rings is 2. The Hall–Kier alpha value is -0.730. The van der Waals surface area contributed by atoms with Crippen LogP contribution in [0.2, 0.25) is 5.02 Å². The van der Waals surface area contributed by atoms with Crippen LogP contribution in [0.1, 0.15) is 0 Å². The molecule has 0 amide bonds. The summed E-state index contributed by atoms with van der Waals surface area (Å²) >= 11 is 9.15. The highest BCUT2D eigenvalue weighted by Gasteiger charge is 2.03. The molecule has 13 heavy (non-hydrogen) atoms. The molecule has 1 nitrogen and oxygen atoms in total. The monoisotopic (exact) mass is 256 g/mol. The molecule has 0 radical (unpaired) electrons. The maximum absolute atomic E-state index is 9.41. The van der Waals surface area contributed by atoms with Crippen molar-refractivity contribution in [2.75, 3.05) is 0 Å². The molecule has 2 rings (SSSR count). The van der Waals surface area contributed by atoms with E-state index in [4.69, 9.17) is 11.6 Å². The van der Waals surface area contributed by atoms with Crippen LogP contribution in [0.3, 0.4) is 0 Å². The minimum absolute atomic E-state index is 0.245. The van der Waals surface area contributed by atoms with E-state index in [9.17, 15) is 5.11 Å². The Morgan fingerprint density at radius 2 is 1.92 bits per heavy atom. The van der Waals surface area contributed by atoms with E-state index < -0.39 is 0 Å². The molecule has 66 valence electrons. The summed E-state index contributed by atoms with van der Waals surface area (Å²) in [6.07, 6.45) is 0. The van der Waals surface area contributed by atoms with Gasteiger partial charge in [-0.2, -0.15) is 0 Å². The topological polar surface area (TPSA) is 20.2 Å². The predicted octanol–water partition coefficient (Wildman–Crippen LogP) is 3.96. The van der Waals surface area contributed by atoms with Crippen LogP contribution in [0.4, 0.5) is 0 Å². The second-order valence-electron chi connectivity index (χ2n) is 2.76. The first kappa shape index (κ1) is 8.85. The number of fused-ring (bicyclic) bond motifs is 1. The molecule has 1 N–H and O–H groups in total. The van der Waals surface area contributed by atoms with Crippen LogP contribution in [-0.2, 0) is 0 Å². The van der Waals surface area contributed by atoms with Gasteiger partial charge in [0.1, 0.15) is 5.75 Å². The van der Waals surface area contributed by atoms with Crippen LogP contribution in [0.15, 0.2) is 34.8 Å². The van der Waals surface area contributed by atoms with E-state index >= 15 is 0 Å². The van der Waals surface area contributed by atoms with Crippen molar-refractivity contribution in [2.45, 2.75) is 0 Å². The number of hydrogen-bond donors (Lipinski definition) is 1. The van der Waals surface area contributed by atoms with Gasteiger partial charge >= 0.3 is 0 Å². The predicted molar refractivity (Wildman–Crippen MR) is 58.3 cm³/mol. The number of aromatic hydroxyl groups is 1. The minimum Gasteiger partial charge on any atom is -0.507 e. The van der Waals surface area contributed by atoms with Crippen LogP contribution in [0, 0.1) is 0 Å². The van der Waals surface area contributed by atoms with Gasteiger partial charge in [-0.3, -0.25) is 0 Å². The Kier molecular flexibility index (Phi) is 2.18. The van der Waals surface area contributed by atoms with Crippen molar-refractivity contribution in [1.29, 1.82) is 0 Å². The van der Waals surface area contributed by atoms with Gasteiger partial charge in [0.2, 0.25) is 0 Å². The van der Waals surface area contributed by atoms with Crippen LogP contribution >= 0.6 is 27.5 Å². The fourth-order valence-electron chi connectivity index (χ4n) is 1.25. The molecule has 0 aliphatic carbocycles. The van der Waals surface area contributed by atoms with Gasteiger partial charge in [0.25, 0.3) is 0 Å². The first-order valence-electron chi connectivity index (χ1n) is 3.75. The summed E-state index contributed by atoms with van der Waals surface area (Å²) < 4.78 is 0.710. The van der Waals surface area contributed by atoms with E-state index in [0.29, 0.717) is 9.50 Å². The molecule has 3 heteroatoms. The van der Waals surface area contributed by atoms with Crippen LogP contribution < -0.4 is 0 Å². The van der Waals surface area contributed by atoms with Crippen molar-refractivity contribution < 1.29 is 5.11 Å². The lowest BCUT2D eigenvalue weighted by molar-refractivity contribution is 0.473. The third-order valence-corrected chi connectivity index (χ3v) is 2.96. The fourth-order valence-corrected chi connectivity index (χ4v) is 1.93. The van der Waals surface area contributed by atoms with Crippen molar-refractivity contribution in [2.24, 2.45) is 0 Å². The lowest BCUT2D eigenvalue weighted by Gasteiger charge is -2.02. The molecule has 0 fully saturated rings. The molecule has 0 aliphatic rings. The summed E-state index contributed by atoms with van der Waals surface area (Å²) in [6, 6.07) is 9.01. The third-order valence-electron chi connectivity index (χ3n) is 1.90. The second kappa shape index (κ2) is 3.20. The first-order valence-corrected chi connectivity index (χ1v) is 4.92. The van der Waals surface area contributed by atoms with Crippen molar-refractivity contribution in [3.63, 3.8) is 0 Å². The molecule has 2 aromatic rings. The summed E-state index contributed by atoms with van der Waals surface area (Å²) in [4.78, 5) is 0. The van der Waals surface area contributed by atoms with E-state index in [-0.39, 0.29) is 5.75 Å². The molecule has 0 bridgehead atoms. The Labute approximate surface area is 89.1 Å². The average molecular weight is 258 g/mol. The molecule has 0 saturated carbocycles. The number of hydrogen-bond acceptors (Lipinski definition) is 1. The molecule has 0 unspecified atom stereocenters. The zero-order valence-electron chi connectivity index (χ0n) is 6.59. The summed E-state index contributed by atoms with van der Waals surface area (Å²) in [5, 5.41) is 12.1. The van der Waals surface area contributed by atoms with Gasteiger partial charge in [-0.25, -0.2) is 0 Å². The number of phenolic OH excluding ortho intramolecular Hbond substituents is 1. The van der Waals surface area contributed by atoms with Gasteiger partial charge in [-0.15, -0.1) is 0 Å². The average Bonchev–Trinajstić information content (AvgIpc) is 2.12. The highest BCUT2D eigenvalue weighted by molar-refractivity contribution is 9.10.